The quantitative estimate of drug-likeness (QED) is 0.555. The molecule has 0 fully saturated rings. The second-order valence-electron chi connectivity index (χ2n) is 5.29. The van der Waals surface area contributed by atoms with Crippen molar-refractivity contribution in [3.8, 4) is 16.9 Å². The van der Waals surface area contributed by atoms with Crippen LogP contribution in [0.1, 0.15) is 0 Å². The number of aromatic nitrogens is 1. The normalized spacial score (nSPS) is 11.1. The van der Waals surface area contributed by atoms with Gasteiger partial charge in [0.15, 0.2) is 0 Å². The molecule has 0 aliphatic carbocycles. The molecule has 0 atom stereocenters. The van der Waals surface area contributed by atoms with Crippen LogP contribution in [0.15, 0.2) is 71.7 Å². The van der Waals surface area contributed by atoms with E-state index < -0.39 is 0 Å². The van der Waals surface area contributed by atoms with Gasteiger partial charge in [-0.3, -0.25) is 4.79 Å². The Morgan fingerprint density at radius 1 is 0.864 bits per heavy atom. The van der Waals surface area contributed by atoms with Gasteiger partial charge in [0.05, 0.1) is 5.39 Å². The van der Waals surface area contributed by atoms with E-state index in [1.165, 1.54) is 0 Å². The SMILES string of the molecule is O=c1[nH]cc(-c2ccc3ccccc3c2)c2c(O)cccc12. The number of nitrogens with one attached hydrogen (secondary N) is 1. The first-order valence-electron chi connectivity index (χ1n) is 7.06. The van der Waals surface area contributed by atoms with Crippen LogP contribution in [-0.4, -0.2) is 10.1 Å². The lowest BCUT2D eigenvalue weighted by Gasteiger charge is -2.09. The van der Waals surface area contributed by atoms with Crippen LogP contribution in [0.4, 0.5) is 0 Å². The summed E-state index contributed by atoms with van der Waals surface area (Å²) in [7, 11) is 0. The number of aromatic hydroxyl groups is 1. The summed E-state index contributed by atoms with van der Waals surface area (Å²) in [6.07, 6.45) is 1.66. The highest BCUT2D eigenvalue weighted by Gasteiger charge is 2.11. The van der Waals surface area contributed by atoms with Crippen LogP contribution in [0.2, 0.25) is 0 Å². The first-order valence-corrected chi connectivity index (χ1v) is 7.06. The maximum Gasteiger partial charge on any atom is 0.255 e. The Hall–Kier alpha value is -3.07. The van der Waals surface area contributed by atoms with Crippen molar-refractivity contribution in [1.29, 1.82) is 0 Å². The third-order valence-electron chi connectivity index (χ3n) is 3.96. The summed E-state index contributed by atoms with van der Waals surface area (Å²) >= 11 is 0. The van der Waals surface area contributed by atoms with E-state index >= 15 is 0 Å². The van der Waals surface area contributed by atoms with Crippen molar-refractivity contribution in [2.24, 2.45) is 0 Å². The van der Waals surface area contributed by atoms with Gasteiger partial charge in [-0.2, -0.15) is 0 Å². The summed E-state index contributed by atoms with van der Waals surface area (Å²) < 4.78 is 0. The van der Waals surface area contributed by atoms with Crippen molar-refractivity contribution in [3.05, 3.63) is 77.2 Å². The largest absolute Gasteiger partial charge is 0.507 e. The van der Waals surface area contributed by atoms with Gasteiger partial charge < -0.3 is 10.1 Å². The Morgan fingerprint density at radius 3 is 2.55 bits per heavy atom. The van der Waals surface area contributed by atoms with Gasteiger partial charge in [-0.15, -0.1) is 0 Å². The van der Waals surface area contributed by atoms with Gasteiger partial charge in [-0.25, -0.2) is 0 Å². The molecule has 1 heterocycles. The lowest BCUT2D eigenvalue weighted by Crippen LogP contribution is -2.05. The van der Waals surface area contributed by atoms with E-state index in [1.807, 2.05) is 30.3 Å². The standard InChI is InChI=1S/C19H13NO2/c21-17-7-3-6-15-18(17)16(11-20-19(15)22)14-9-8-12-4-1-2-5-13(12)10-14/h1-11,21H,(H,20,22). The fraction of sp³-hybridized carbons (Fsp3) is 0. The molecule has 0 aliphatic heterocycles. The smallest absolute Gasteiger partial charge is 0.255 e. The van der Waals surface area contributed by atoms with Crippen LogP contribution in [0.5, 0.6) is 5.75 Å². The minimum absolute atomic E-state index is 0.117. The molecule has 1 aromatic heterocycles. The highest BCUT2D eigenvalue weighted by Crippen LogP contribution is 2.33. The second-order valence-corrected chi connectivity index (χ2v) is 5.29. The summed E-state index contributed by atoms with van der Waals surface area (Å²) in [5.74, 6) is 0.117. The van der Waals surface area contributed by atoms with Crippen molar-refractivity contribution in [3.63, 3.8) is 0 Å². The highest BCUT2D eigenvalue weighted by molar-refractivity contribution is 6.01. The number of phenols is 1. The number of fused-ring (bicyclic) bond motifs is 2. The van der Waals surface area contributed by atoms with Crippen molar-refractivity contribution in [1.82, 2.24) is 4.98 Å². The maximum atomic E-state index is 12.0. The molecule has 22 heavy (non-hydrogen) atoms. The number of rotatable bonds is 1. The minimum atomic E-state index is -0.199. The van der Waals surface area contributed by atoms with Crippen molar-refractivity contribution < 1.29 is 5.11 Å². The molecule has 3 heteroatoms. The molecule has 2 N–H and O–H groups in total. The average molecular weight is 287 g/mol. The van der Waals surface area contributed by atoms with Crippen LogP contribution in [-0.2, 0) is 0 Å². The van der Waals surface area contributed by atoms with E-state index in [-0.39, 0.29) is 11.3 Å². The van der Waals surface area contributed by atoms with Gasteiger partial charge in [0, 0.05) is 17.1 Å². The first-order chi connectivity index (χ1) is 10.7. The number of benzene rings is 3. The molecule has 106 valence electrons. The molecule has 0 bridgehead atoms. The van der Waals surface area contributed by atoms with E-state index in [0.29, 0.717) is 10.8 Å². The predicted octanol–water partition coefficient (Wildman–Crippen LogP) is 4.05. The molecule has 4 rings (SSSR count). The molecule has 0 saturated carbocycles. The lowest BCUT2D eigenvalue weighted by molar-refractivity contribution is 0.481. The summed E-state index contributed by atoms with van der Waals surface area (Å²) in [6, 6.07) is 19.2. The van der Waals surface area contributed by atoms with Crippen LogP contribution >= 0.6 is 0 Å². The molecule has 4 aromatic rings. The maximum absolute atomic E-state index is 12.0. The molecule has 0 radical (unpaired) electrons. The number of hydrogen-bond acceptors (Lipinski definition) is 2. The molecular weight excluding hydrogens is 274 g/mol. The zero-order chi connectivity index (χ0) is 15.1. The fourth-order valence-electron chi connectivity index (χ4n) is 2.88. The molecule has 0 amide bonds. The number of phenolic OH excluding ortho intramolecular Hbond substituents is 1. The first kappa shape index (κ1) is 12.7. The van der Waals surface area contributed by atoms with Crippen LogP contribution < -0.4 is 5.56 Å². The van der Waals surface area contributed by atoms with E-state index in [9.17, 15) is 9.90 Å². The van der Waals surface area contributed by atoms with Crippen molar-refractivity contribution in [2.45, 2.75) is 0 Å². The van der Waals surface area contributed by atoms with Gasteiger partial charge >= 0.3 is 0 Å². The summed E-state index contributed by atoms with van der Waals surface area (Å²) in [5, 5.41) is 13.6. The fourth-order valence-corrected chi connectivity index (χ4v) is 2.88. The average Bonchev–Trinajstić information content (AvgIpc) is 2.55. The lowest BCUT2D eigenvalue weighted by atomic mass is 9.98. The number of H-pyrrole nitrogens is 1. The molecule has 3 nitrogen and oxygen atoms in total. The van der Waals surface area contributed by atoms with Gasteiger partial charge in [0.1, 0.15) is 5.75 Å². The van der Waals surface area contributed by atoms with Crippen molar-refractivity contribution >= 4 is 21.5 Å². The van der Waals surface area contributed by atoms with Gasteiger partial charge in [-0.1, -0.05) is 42.5 Å². The molecule has 0 spiro atoms. The van der Waals surface area contributed by atoms with Crippen LogP contribution in [0, 0.1) is 0 Å². The van der Waals surface area contributed by atoms with E-state index in [4.69, 9.17) is 0 Å². The van der Waals surface area contributed by atoms with E-state index in [2.05, 4.69) is 17.1 Å². The number of aromatic amines is 1. The molecular formula is C19H13NO2. The van der Waals surface area contributed by atoms with Gasteiger partial charge in [0.25, 0.3) is 5.56 Å². The van der Waals surface area contributed by atoms with Gasteiger partial charge in [0.2, 0.25) is 0 Å². The Kier molecular flexibility index (Phi) is 2.73. The van der Waals surface area contributed by atoms with Crippen LogP contribution in [0.25, 0.3) is 32.7 Å². The Morgan fingerprint density at radius 2 is 1.68 bits per heavy atom. The monoisotopic (exact) mass is 287 g/mol. The zero-order valence-electron chi connectivity index (χ0n) is 11.7. The molecule has 0 saturated heterocycles. The molecule has 0 unspecified atom stereocenters. The predicted molar refractivity (Wildman–Crippen MR) is 89.2 cm³/mol. The topological polar surface area (TPSA) is 53.1 Å². The Labute approximate surface area is 126 Å². The third-order valence-corrected chi connectivity index (χ3v) is 3.96. The molecule has 3 aromatic carbocycles. The highest BCUT2D eigenvalue weighted by atomic mass is 16.3. The Bertz CT molecular complexity index is 1060. The molecule has 0 aliphatic rings. The van der Waals surface area contributed by atoms with Crippen molar-refractivity contribution in [2.75, 3.05) is 0 Å². The minimum Gasteiger partial charge on any atom is -0.507 e. The summed E-state index contributed by atoms with van der Waals surface area (Å²) in [4.78, 5) is 14.7. The summed E-state index contributed by atoms with van der Waals surface area (Å²) in [6.45, 7) is 0. The third kappa shape index (κ3) is 1.87. The van der Waals surface area contributed by atoms with Crippen LogP contribution in [0.3, 0.4) is 0 Å². The zero-order valence-corrected chi connectivity index (χ0v) is 11.7. The van der Waals surface area contributed by atoms with E-state index in [0.717, 1.165) is 21.9 Å². The number of pyridine rings is 1. The van der Waals surface area contributed by atoms with Gasteiger partial charge in [-0.05, 0) is 34.5 Å². The summed E-state index contributed by atoms with van der Waals surface area (Å²) in [5.41, 5.74) is 1.58. The number of hydrogen-bond donors (Lipinski definition) is 2. The van der Waals surface area contributed by atoms with E-state index in [1.54, 1.807) is 24.4 Å². The Balaban J connectivity index is 2.08. The second kappa shape index (κ2) is 4.74.